The Hall–Kier alpha value is -2.44. The highest BCUT2D eigenvalue weighted by Crippen LogP contribution is 2.27. The molecule has 0 aliphatic rings. The number of hydrogen-bond donors (Lipinski definition) is 0. The number of amides is 1. The van der Waals surface area contributed by atoms with Crippen molar-refractivity contribution in [3.05, 3.63) is 69.8 Å². The molecule has 0 spiro atoms. The SMILES string of the molecule is CCCN(Cc1nnc(-c2ccccc2Cl)o1)C(=O)c1ccc(F)cc1Cl. The smallest absolute Gasteiger partial charge is 0.255 e. The highest BCUT2D eigenvalue weighted by Gasteiger charge is 2.21. The van der Waals surface area contributed by atoms with E-state index in [1.165, 1.54) is 17.0 Å². The van der Waals surface area contributed by atoms with Gasteiger partial charge in [-0.05, 0) is 36.8 Å². The minimum absolute atomic E-state index is 0.0587. The van der Waals surface area contributed by atoms with Crippen LogP contribution in [0.5, 0.6) is 0 Å². The lowest BCUT2D eigenvalue weighted by Crippen LogP contribution is -2.31. The van der Waals surface area contributed by atoms with Crippen LogP contribution < -0.4 is 0 Å². The van der Waals surface area contributed by atoms with E-state index in [1.54, 1.807) is 18.2 Å². The van der Waals surface area contributed by atoms with Crippen LogP contribution in [0, 0.1) is 5.82 Å². The van der Waals surface area contributed by atoms with Crippen LogP contribution in [0.2, 0.25) is 10.0 Å². The summed E-state index contributed by atoms with van der Waals surface area (Å²) in [6.45, 7) is 2.50. The summed E-state index contributed by atoms with van der Waals surface area (Å²) in [6.07, 6.45) is 0.718. The highest BCUT2D eigenvalue weighted by atomic mass is 35.5. The molecule has 0 N–H and O–H groups in total. The average Bonchev–Trinajstić information content (AvgIpc) is 3.09. The van der Waals surface area contributed by atoms with Crippen molar-refractivity contribution in [3.8, 4) is 11.5 Å². The molecule has 0 radical (unpaired) electrons. The summed E-state index contributed by atoms with van der Waals surface area (Å²) >= 11 is 12.2. The Bertz CT molecular complexity index is 962. The van der Waals surface area contributed by atoms with Crippen molar-refractivity contribution in [1.82, 2.24) is 15.1 Å². The fraction of sp³-hybridized carbons (Fsp3) is 0.211. The third kappa shape index (κ3) is 4.46. The summed E-state index contributed by atoms with van der Waals surface area (Å²) < 4.78 is 18.9. The van der Waals surface area contributed by atoms with E-state index in [-0.39, 0.29) is 34.8 Å². The molecule has 0 aliphatic heterocycles. The van der Waals surface area contributed by atoms with Gasteiger partial charge in [-0.2, -0.15) is 0 Å². The molecule has 1 aromatic heterocycles. The minimum Gasteiger partial charge on any atom is -0.419 e. The molecule has 0 atom stereocenters. The third-order valence-electron chi connectivity index (χ3n) is 3.84. The van der Waals surface area contributed by atoms with E-state index in [0.717, 1.165) is 12.5 Å². The Morgan fingerprint density at radius 1 is 1.15 bits per heavy atom. The molecule has 0 aliphatic carbocycles. The van der Waals surface area contributed by atoms with E-state index < -0.39 is 5.82 Å². The molecule has 27 heavy (non-hydrogen) atoms. The first-order valence-electron chi connectivity index (χ1n) is 8.31. The quantitative estimate of drug-likeness (QED) is 0.560. The van der Waals surface area contributed by atoms with Gasteiger partial charge in [-0.1, -0.05) is 42.3 Å². The van der Waals surface area contributed by atoms with E-state index >= 15 is 0 Å². The van der Waals surface area contributed by atoms with Crippen LogP contribution in [-0.2, 0) is 6.54 Å². The van der Waals surface area contributed by atoms with Crippen LogP contribution in [-0.4, -0.2) is 27.5 Å². The number of halogens is 3. The standard InChI is InChI=1S/C19H16Cl2FN3O2/c1-2-9-25(19(26)14-8-7-12(22)10-16(14)21)11-17-23-24-18(27-17)13-5-3-4-6-15(13)20/h3-8,10H,2,9,11H2,1H3. The fourth-order valence-corrected chi connectivity index (χ4v) is 3.04. The van der Waals surface area contributed by atoms with Crippen molar-refractivity contribution < 1.29 is 13.6 Å². The summed E-state index contributed by atoms with van der Waals surface area (Å²) in [5.41, 5.74) is 0.838. The van der Waals surface area contributed by atoms with Crippen LogP contribution in [0.15, 0.2) is 46.9 Å². The van der Waals surface area contributed by atoms with Crippen molar-refractivity contribution in [2.24, 2.45) is 0 Å². The summed E-state index contributed by atoms with van der Waals surface area (Å²) in [5.74, 6) is -0.288. The number of carbonyl (C=O) groups excluding carboxylic acids is 1. The van der Waals surface area contributed by atoms with Gasteiger partial charge in [-0.15, -0.1) is 10.2 Å². The van der Waals surface area contributed by atoms with Crippen LogP contribution >= 0.6 is 23.2 Å². The molecule has 0 unspecified atom stereocenters. The average molecular weight is 408 g/mol. The molecule has 8 heteroatoms. The van der Waals surface area contributed by atoms with Crippen molar-refractivity contribution in [2.45, 2.75) is 19.9 Å². The summed E-state index contributed by atoms with van der Waals surface area (Å²) in [4.78, 5) is 14.3. The molecule has 0 saturated heterocycles. The van der Waals surface area contributed by atoms with E-state index in [0.29, 0.717) is 17.1 Å². The van der Waals surface area contributed by atoms with Crippen LogP contribution in [0.25, 0.3) is 11.5 Å². The molecule has 140 valence electrons. The van der Waals surface area contributed by atoms with E-state index in [1.807, 2.05) is 13.0 Å². The zero-order valence-corrected chi connectivity index (χ0v) is 16.0. The van der Waals surface area contributed by atoms with E-state index in [4.69, 9.17) is 27.6 Å². The lowest BCUT2D eigenvalue weighted by atomic mass is 10.2. The second-order valence-electron chi connectivity index (χ2n) is 5.83. The number of carbonyl (C=O) groups is 1. The van der Waals surface area contributed by atoms with Gasteiger partial charge in [-0.3, -0.25) is 4.79 Å². The first-order valence-corrected chi connectivity index (χ1v) is 9.06. The van der Waals surface area contributed by atoms with Gasteiger partial charge in [0.1, 0.15) is 5.82 Å². The highest BCUT2D eigenvalue weighted by molar-refractivity contribution is 6.34. The van der Waals surface area contributed by atoms with Gasteiger partial charge in [0.2, 0.25) is 11.8 Å². The van der Waals surface area contributed by atoms with Crippen molar-refractivity contribution >= 4 is 29.1 Å². The van der Waals surface area contributed by atoms with Crippen molar-refractivity contribution in [1.29, 1.82) is 0 Å². The predicted octanol–water partition coefficient (Wildman–Crippen LogP) is 5.23. The van der Waals surface area contributed by atoms with Gasteiger partial charge >= 0.3 is 0 Å². The monoisotopic (exact) mass is 407 g/mol. The van der Waals surface area contributed by atoms with Gasteiger partial charge in [-0.25, -0.2) is 4.39 Å². The summed E-state index contributed by atoms with van der Waals surface area (Å²) in [5, 5.41) is 8.56. The molecular weight excluding hydrogens is 392 g/mol. The number of rotatable bonds is 6. The zero-order chi connectivity index (χ0) is 19.4. The first-order chi connectivity index (χ1) is 13.0. The molecule has 0 saturated carbocycles. The third-order valence-corrected chi connectivity index (χ3v) is 4.48. The normalized spacial score (nSPS) is 10.8. The van der Waals surface area contributed by atoms with E-state index in [2.05, 4.69) is 10.2 Å². The van der Waals surface area contributed by atoms with Crippen LogP contribution in [0.3, 0.4) is 0 Å². The van der Waals surface area contributed by atoms with Crippen LogP contribution in [0.4, 0.5) is 4.39 Å². The Labute approximate surface area is 165 Å². The fourth-order valence-electron chi connectivity index (χ4n) is 2.58. The Balaban J connectivity index is 1.83. The molecule has 0 fully saturated rings. The molecule has 2 aromatic carbocycles. The number of hydrogen-bond acceptors (Lipinski definition) is 4. The summed E-state index contributed by atoms with van der Waals surface area (Å²) in [6, 6.07) is 10.8. The maximum atomic E-state index is 13.3. The second kappa shape index (κ2) is 8.50. The molecule has 3 aromatic rings. The van der Waals surface area contributed by atoms with Gasteiger partial charge in [0.15, 0.2) is 0 Å². The van der Waals surface area contributed by atoms with Crippen molar-refractivity contribution in [2.75, 3.05) is 6.54 Å². The maximum absolute atomic E-state index is 13.3. The summed E-state index contributed by atoms with van der Waals surface area (Å²) in [7, 11) is 0. The van der Waals surface area contributed by atoms with Crippen LogP contribution in [0.1, 0.15) is 29.6 Å². The molecule has 1 amide bonds. The zero-order valence-electron chi connectivity index (χ0n) is 14.5. The molecule has 5 nitrogen and oxygen atoms in total. The number of nitrogens with zero attached hydrogens (tertiary/aromatic N) is 3. The van der Waals surface area contributed by atoms with Crippen molar-refractivity contribution in [3.63, 3.8) is 0 Å². The topological polar surface area (TPSA) is 59.2 Å². The van der Waals surface area contributed by atoms with E-state index in [9.17, 15) is 9.18 Å². The maximum Gasteiger partial charge on any atom is 0.255 e. The Morgan fingerprint density at radius 3 is 2.63 bits per heavy atom. The van der Waals surface area contributed by atoms with Gasteiger partial charge in [0.25, 0.3) is 5.91 Å². The lowest BCUT2D eigenvalue weighted by molar-refractivity contribution is 0.0729. The second-order valence-corrected chi connectivity index (χ2v) is 6.65. The Kier molecular flexibility index (Phi) is 6.08. The molecular formula is C19H16Cl2FN3O2. The lowest BCUT2D eigenvalue weighted by Gasteiger charge is -2.20. The minimum atomic E-state index is -0.500. The predicted molar refractivity (Wildman–Crippen MR) is 101 cm³/mol. The van der Waals surface area contributed by atoms with Gasteiger partial charge in [0.05, 0.1) is 27.7 Å². The van der Waals surface area contributed by atoms with Gasteiger partial charge in [0, 0.05) is 6.54 Å². The Morgan fingerprint density at radius 2 is 1.93 bits per heavy atom. The largest absolute Gasteiger partial charge is 0.419 e. The molecule has 1 heterocycles. The number of benzene rings is 2. The number of aromatic nitrogens is 2. The van der Waals surface area contributed by atoms with Gasteiger partial charge < -0.3 is 9.32 Å². The molecule has 0 bridgehead atoms. The first kappa shape index (κ1) is 19.3. The molecule has 3 rings (SSSR count).